The molecule has 8 nitrogen and oxygen atoms in total. The highest BCUT2D eigenvalue weighted by Crippen LogP contribution is 2.19. The third kappa shape index (κ3) is 3.34. The van der Waals surface area contributed by atoms with Crippen LogP contribution in [0, 0.1) is 0 Å². The van der Waals surface area contributed by atoms with Gasteiger partial charge in [0.25, 0.3) is 0 Å². The van der Waals surface area contributed by atoms with E-state index in [4.69, 9.17) is 4.98 Å². The van der Waals surface area contributed by atoms with Crippen LogP contribution < -0.4 is 4.90 Å². The molecule has 1 N–H and O–H groups in total. The number of para-hydroxylation sites is 2. The zero-order chi connectivity index (χ0) is 17.2. The number of hydrogen-bond acceptors (Lipinski definition) is 6. The molecule has 1 saturated heterocycles. The van der Waals surface area contributed by atoms with Gasteiger partial charge in [0.15, 0.2) is 5.82 Å². The largest absolute Gasteiger partial charge is 0.341 e. The van der Waals surface area contributed by atoms with Crippen LogP contribution in [0.25, 0.3) is 11.0 Å². The lowest BCUT2D eigenvalue weighted by molar-refractivity contribution is 0.269. The number of imidazole rings is 1. The Labute approximate surface area is 146 Å². The van der Waals surface area contributed by atoms with E-state index in [9.17, 15) is 0 Å². The fourth-order valence-corrected chi connectivity index (χ4v) is 3.35. The van der Waals surface area contributed by atoms with Crippen molar-refractivity contribution in [2.75, 3.05) is 31.1 Å². The molecule has 1 aromatic carbocycles. The van der Waals surface area contributed by atoms with E-state index in [2.05, 4.69) is 50.2 Å². The second kappa shape index (κ2) is 6.79. The Morgan fingerprint density at radius 2 is 2.00 bits per heavy atom. The van der Waals surface area contributed by atoms with Crippen LogP contribution in [0.2, 0.25) is 0 Å². The summed E-state index contributed by atoms with van der Waals surface area (Å²) in [4.78, 5) is 12.9. The van der Waals surface area contributed by atoms with Crippen molar-refractivity contribution >= 4 is 17.0 Å². The third-order valence-corrected chi connectivity index (χ3v) is 4.68. The maximum Gasteiger partial charge on any atom is 0.203 e. The molecule has 4 rings (SSSR count). The molecular weight excluding hydrogens is 316 g/mol. The van der Waals surface area contributed by atoms with Gasteiger partial charge in [-0.15, -0.1) is 5.10 Å². The molecule has 0 amide bonds. The van der Waals surface area contributed by atoms with Gasteiger partial charge in [0, 0.05) is 26.2 Å². The van der Waals surface area contributed by atoms with E-state index in [1.165, 1.54) is 0 Å². The van der Waals surface area contributed by atoms with E-state index >= 15 is 0 Å². The van der Waals surface area contributed by atoms with E-state index in [0.717, 1.165) is 62.0 Å². The quantitative estimate of drug-likeness (QED) is 0.781. The molecule has 1 fully saturated rings. The van der Waals surface area contributed by atoms with E-state index in [1.54, 1.807) is 0 Å². The van der Waals surface area contributed by atoms with Crippen LogP contribution >= 0.6 is 0 Å². The summed E-state index contributed by atoms with van der Waals surface area (Å²) in [5.74, 6) is 1.90. The summed E-state index contributed by atoms with van der Waals surface area (Å²) < 4.78 is 1.90. The predicted molar refractivity (Wildman–Crippen MR) is 96.4 cm³/mol. The summed E-state index contributed by atoms with van der Waals surface area (Å²) >= 11 is 0. The van der Waals surface area contributed by atoms with Gasteiger partial charge in [-0.3, -0.25) is 4.90 Å². The van der Waals surface area contributed by atoms with Crippen molar-refractivity contribution in [3.63, 3.8) is 0 Å². The number of tetrazole rings is 1. The Morgan fingerprint density at radius 3 is 2.84 bits per heavy atom. The zero-order valence-electron chi connectivity index (χ0n) is 14.8. The molecular formula is C17H24N8. The van der Waals surface area contributed by atoms with Gasteiger partial charge < -0.3 is 9.88 Å². The van der Waals surface area contributed by atoms with Crippen molar-refractivity contribution in [2.24, 2.45) is 0 Å². The molecule has 0 saturated carbocycles. The van der Waals surface area contributed by atoms with Crippen LogP contribution in [-0.4, -0.2) is 61.3 Å². The second-order valence-corrected chi connectivity index (χ2v) is 6.83. The summed E-state index contributed by atoms with van der Waals surface area (Å²) in [5.41, 5.74) is 2.12. The summed E-state index contributed by atoms with van der Waals surface area (Å²) in [6.07, 6.45) is 1.10. The lowest BCUT2D eigenvalue weighted by atomic mass is 10.3. The molecule has 3 heterocycles. The number of aromatic nitrogens is 6. The van der Waals surface area contributed by atoms with Crippen LogP contribution in [0.15, 0.2) is 24.3 Å². The summed E-state index contributed by atoms with van der Waals surface area (Å²) in [6.45, 7) is 8.97. The fraction of sp³-hybridized carbons (Fsp3) is 0.529. The van der Waals surface area contributed by atoms with Gasteiger partial charge in [0.1, 0.15) is 0 Å². The highest BCUT2D eigenvalue weighted by molar-refractivity contribution is 5.77. The Balaban J connectivity index is 1.44. The fourth-order valence-electron chi connectivity index (χ4n) is 3.35. The first-order chi connectivity index (χ1) is 12.2. The minimum Gasteiger partial charge on any atom is -0.341 e. The molecule has 0 aliphatic carbocycles. The van der Waals surface area contributed by atoms with Gasteiger partial charge in [-0.05, 0) is 42.8 Å². The molecule has 1 aliphatic rings. The average Bonchev–Trinajstić information content (AvgIpc) is 3.17. The van der Waals surface area contributed by atoms with Gasteiger partial charge in [-0.25, -0.2) is 9.67 Å². The molecule has 0 spiro atoms. The number of nitrogens with one attached hydrogen (secondary N) is 1. The number of fused-ring (bicyclic) bond motifs is 1. The van der Waals surface area contributed by atoms with Crippen LogP contribution in [0.1, 0.15) is 32.1 Å². The lowest BCUT2D eigenvalue weighted by Gasteiger charge is -2.21. The normalized spacial score (nSPS) is 16.7. The Bertz CT molecular complexity index is 803. The maximum absolute atomic E-state index is 4.73. The van der Waals surface area contributed by atoms with Crippen molar-refractivity contribution in [1.82, 2.24) is 35.1 Å². The summed E-state index contributed by atoms with van der Waals surface area (Å²) in [6, 6.07) is 8.46. The van der Waals surface area contributed by atoms with Crippen molar-refractivity contribution in [3.8, 4) is 0 Å². The lowest BCUT2D eigenvalue weighted by Crippen LogP contribution is -2.32. The highest BCUT2D eigenvalue weighted by atomic mass is 15.6. The highest BCUT2D eigenvalue weighted by Gasteiger charge is 2.20. The minimum atomic E-state index is 0.282. The Kier molecular flexibility index (Phi) is 4.35. The zero-order valence-corrected chi connectivity index (χ0v) is 14.8. The monoisotopic (exact) mass is 340 g/mol. The van der Waals surface area contributed by atoms with Gasteiger partial charge >= 0.3 is 0 Å². The molecule has 2 aromatic heterocycles. The molecule has 0 unspecified atom stereocenters. The molecule has 132 valence electrons. The number of nitrogens with zero attached hydrogens (tertiary/aromatic N) is 7. The van der Waals surface area contributed by atoms with E-state index in [-0.39, 0.29) is 6.04 Å². The van der Waals surface area contributed by atoms with Crippen LogP contribution in [-0.2, 0) is 6.54 Å². The van der Waals surface area contributed by atoms with Gasteiger partial charge in [-0.1, -0.05) is 12.1 Å². The molecule has 25 heavy (non-hydrogen) atoms. The first-order valence-electron chi connectivity index (χ1n) is 8.89. The number of rotatable bonds is 4. The number of aromatic amines is 1. The summed E-state index contributed by atoms with van der Waals surface area (Å²) in [7, 11) is 0. The molecule has 3 aromatic rings. The maximum atomic E-state index is 4.73. The average molecular weight is 340 g/mol. The van der Waals surface area contributed by atoms with Gasteiger partial charge in [0.05, 0.1) is 23.6 Å². The van der Waals surface area contributed by atoms with Crippen LogP contribution in [0.3, 0.4) is 0 Å². The van der Waals surface area contributed by atoms with Gasteiger partial charge in [0.2, 0.25) is 5.95 Å². The standard InChI is InChI=1S/C17H24N8/c1-13(2)25-16(20-21-22-25)12-23-8-5-9-24(11-10-23)17-18-14-6-3-4-7-15(14)19-17/h3-4,6-7,13H,5,8-12H2,1-2H3,(H,18,19). The number of benzene rings is 1. The number of H-pyrrole nitrogens is 1. The number of hydrogen-bond donors (Lipinski definition) is 1. The molecule has 0 bridgehead atoms. The predicted octanol–water partition coefficient (Wildman–Crippen LogP) is 1.84. The SMILES string of the molecule is CC(C)n1nnnc1CN1CCCN(c2nc3ccccc3[nH]2)CC1. The number of anilines is 1. The Hall–Kier alpha value is -2.48. The van der Waals surface area contributed by atoms with Crippen LogP contribution in [0.4, 0.5) is 5.95 Å². The van der Waals surface area contributed by atoms with E-state index in [1.807, 2.05) is 22.9 Å². The minimum absolute atomic E-state index is 0.282. The molecule has 8 heteroatoms. The van der Waals surface area contributed by atoms with Crippen molar-refractivity contribution in [1.29, 1.82) is 0 Å². The first kappa shape index (κ1) is 16.0. The van der Waals surface area contributed by atoms with E-state index in [0.29, 0.717) is 0 Å². The van der Waals surface area contributed by atoms with Crippen molar-refractivity contribution < 1.29 is 0 Å². The molecule has 1 aliphatic heterocycles. The molecule has 0 atom stereocenters. The summed E-state index contributed by atoms with van der Waals surface area (Å²) in [5, 5.41) is 12.1. The van der Waals surface area contributed by atoms with Crippen molar-refractivity contribution in [2.45, 2.75) is 32.9 Å². The van der Waals surface area contributed by atoms with Crippen molar-refractivity contribution in [3.05, 3.63) is 30.1 Å². The Morgan fingerprint density at radius 1 is 1.12 bits per heavy atom. The second-order valence-electron chi connectivity index (χ2n) is 6.83. The van der Waals surface area contributed by atoms with E-state index < -0.39 is 0 Å². The smallest absolute Gasteiger partial charge is 0.203 e. The van der Waals surface area contributed by atoms with Gasteiger partial charge in [-0.2, -0.15) is 0 Å². The first-order valence-corrected chi connectivity index (χ1v) is 8.89. The third-order valence-electron chi connectivity index (χ3n) is 4.68. The topological polar surface area (TPSA) is 78.8 Å². The molecule has 0 radical (unpaired) electrons. The van der Waals surface area contributed by atoms with Crippen LogP contribution in [0.5, 0.6) is 0 Å².